The molecular formula is C53H90N8O4. The molecule has 366 valence electrons. The Bertz CT molecular complexity index is 1720. The minimum atomic E-state index is 0.0864. The zero-order chi connectivity index (χ0) is 48.4. The number of amides is 4. The second-order valence-corrected chi connectivity index (χ2v) is 24.2. The predicted molar refractivity (Wildman–Crippen MR) is 265 cm³/mol. The van der Waals surface area contributed by atoms with E-state index in [1.807, 2.05) is 19.6 Å². The largest absolute Gasteiger partial charge is 0.339 e. The standard InChI is InChI=1S/C14H24N2O.3C13H22N2O/c1-5-13(17)15-8-6-11-7-9-16(12(11)10-15)14(2,3)4;1-5-12(16)14-6-10-8-15(13(2,3)4)9-11(10)7-14;1-5-12(16)15-7-6-10-8-14(9-11(10)15)13(2,3)4;1-5-12(16)14-8-10-6-7-15(11(10)9-14)13(2,3)4/h5,11-12H,1,6-10H2,2-4H3;3*5,10-11H,1,6-9H2,2-4H3. The summed E-state index contributed by atoms with van der Waals surface area (Å²) in [6.07, 6.45) is 10.6. The molecule has 8 aliphatic rings. The Balaban J connectivity index is 0.000000163. The number of likely N-dealkylation sites (tertiary alicyclic amines) is 8. The number of piperidine rings is 1. The molecule has 0 aromatic heterocycles. The smallest absolute Gasteiger partial charge is 0.246 e. The number of carbonyl (C=O) groups excluding carboxylic acids is 4. The third-order valence-electron chi connectivity index (χ3n) is 16.0. The summed E-state index contributed by atoms with van der Waals surface area (Å²) < 4.78 is 0. The first kappa shape index (κ1) is 52.6. The van der Waals surface area contributed by atoms with Crippen LogP contribution in [0, 0.1) is 29.6 Å². The molecular weight excluding hydrogens is 813 g/mol. The maximum Gasteiger partial charge on any atom is 0.246 e. The van der Waals surface area contributed by atoms with Gasteiger partial charge in [0.25, 0.3) is 0 Å². The van der Waals surface area contributed by atoms with Crippen LogP contribution in [0.3, 0.4) is 0 Å². The fourth-order valence-electron chi connectivity index (χ4n) is 12.2. The van der Waals surface area contributed by atoms with Crippen LogP contribution in [0.1, 0.15) is 109 Å². The minimum Gasteiger partial charge on any atom is -0.339 e. The van der Waals surface area contributed by atoms with Crippen LogP contribution in [-0.4, -0.2) is 188 Å². The normalized spacial score (nSPS) is 30.5. The van der Waals surface area contributed by atoms with Crippen LogP contribution in [0.15, 0.2) is 50.6 Å². The number of rotatable bonds is 4. The lowest BCUT2D eigenvalue weighted by molar-refractivity contribution is -0.129. The maximum atomic E-state index is 11.7. The Labute approximate surface area is 395 Å². The molecule has 0 saturated carbocycles. The van der Waals surface area contributed by atoms with Crippen molar-refractivity contribution in [1.82, 2.24) is 39.2 Å². The Kier molecular flexibility index (Phi) is 16.9. The van der Waals surface area contributed by atoms with Gasteiger partial charge in [0.2, 0.25) is 23.6 Å². The summed E-state index contributed by atoms with van der Waals surface area (Å²) in [5, 5.41) is 0. The number of hydrogen-bond acceptors (Lipinski definition) is 8. The van der Waals surface area contributed by atoms with E-state index in [4.69, 9.17) is 0 Å². The van der Waals surface area contributed by atoms with E-state index in [0.29, 0.717) is 41.8 Å². The molecule has 0 radical (unpaired) electrons. The zero-order valence-corrected chi connectivity index (χ0v) is 43.0. The summed E-state index contributed by atoms with van der Waals surface area (Å²) >= 11 is 0. The lowest BCUT2D eigenvalue weighted by atomic mass is 9.91. The van der Waals surface area contributed by atoms with E-state index in [2.05, 4.69) is 129 Å². The quantitative estimate of drug-likeness (QED) is 0.306. The van der Waals surface area contributed by atoms with Crippen molar-refractivity contribution in [3.05, 3.63) is 50.6 Å². The van der Waals surface area contributed by atoms with Crippen LogP contribution >= 0.6 is 0 Å². The van der Waals surface area contributed by atoms with Gasteiger partial charge in [-0.2, -0.15) is 0 Å². The lowest BCUT2D eigenvalue weighted by Crippen LogP contribution is -2.54. The monoisotopic (exact) mass is 903 g/mol. The molecule has 65 heavy (non-hydrogen) atoms. The molecule has 8 fully saturated rings. The number of carbonyl (C=O) groups is 4. The summed E-state index contributed by atoms with van der Waals surface area (Å²) in [6.45, 7) is 54.5. The fourth-order valence-corrected chi connectivity index (χ4v) is 12.2. The molecule has 12 heteroatoms. The molecule has 8 unspecified atom stereocenters. The summed E-state index contributed by atoms with van der Waals surface area (Å²) in [5.41, 5.74) is 0.900. The first-order chi connectivity index (χ1) is 30.2. The molecule has 8 heterocycles. The first-order valence-corrected chi connectivity index (χ1v) is 24.9. The van der Waals surface area contributed by atoms with E-state index < -0.39 is 0 Å². The van der Waals surface area contributed by atoms with Crippen LogP contribution in [0.5, 0.6) is 0 Å². The third-order valence-corrected chi connectivity index (χ3v) is 16.0. The first-order valence-electron chi connectivity index (χ1n) is 24.9. The zero-order valence-electron chi connectivity index (χ0n) is 43.0. The molecule has 8 atom stereocenters. The third kappa shape index (κ3) is 12.6. The minimum absolute atomic E-state index is 0.0864. The van der Waals surface area contributed by atoms with Gasteiger partial charge in [-0.15, -0.1) is 0 Å². The number of nitrogens with zero attached hydrogens (tertiary/aromatic N) is 8. The molecule has 0 bridgehead atoms. The molecule has 0 aliphatic carbocycles. The van der Waals surface area contributed by atoms with E-state index in [1.54, 1.807) is 0 Å². The maximum absolute atomic E-state index is 11.7. The number of hydrogen-bond donors (Lipinski definition) is 0. The molecule has 12 nitrogen and oxygen atoms in total. The molecule has 0 aromatic rings. The van der Waals surface area contributed by atoms with Crippen LogP contribution in [-0.2, 0) is 19.2 Å². The van der Waals surface area contributed by atoms with Crippen molar-refractivity contribution in [2.24, 2.45) is 29.6 Å². The van der Waals surface area contributed by atoms with Gasteiger partial charge >= 0.3 is 0 Å². The molecule has 4 amide bonds. The van der Waals surface area contributed by atoms with E-state index in [-0.39, 0.29) is 45.8 Å². The average molecular weight is 903 g/mol. The highest BCUT2D eigenvalue weighted by atomic mass is 16.2. The highest BCUT2D eigenvalue weighted by Gasteiger charge is 2.48. The SMILES string of the molecule is C=CC(=O)N1CC2CCN(C(C)(C)C)C2C1.C=CC(=O)N1CC2CN(C(C)(C)C)CC2C1.C=CC(=O)N1CCC2CCN(C(C)(C)C)C2C1.C=CC(=O)N1CCC2CN(C(C)(C)C)CC21. The molecule has 8 aliphatic heterocycles. The molecule has 0 aromatic carbocycles. The van der Waals surface area contributed by atoms with Crippen molar-refractivity contribution in [1.29, 1.82) is 0 Å². The highest BCUT2D eigenvalue weighted by Crippen LogP contribution is 2.39. The molecule has 8 rings (SSSR count). The molecule has 0 spiro atoms. The van der Waals surface area contributed by atoms with Crippen LogP contribution < -0.4 is 0 Å². The van der Waals surface area contributed by atoms with Gasteiger partial charge in [-0.3, -0.25) is 38.8 Å². The van der Waals surface area contributed by atoms with Gasteiger partial charge in [0.1, 0.15) is 0 Å². The van der Waals surface area contributed by atoms with Gasteiger partial charge in [0.15, 0.2) is 0 Å². The highest BCUT2D eigenvalue weighted by molar-refractivity contribution is 5.88. The Morgan fingerprint density at radius 3 is 1.20 bits per heavy atom. The van der Waals surface area contributed by atoms with Crippen LogP contribution in [0.4, 0.5) is 0 Å². The van der Waals surface area contributed by atoms with E-state index >= 15 is 0 Å². The summed E-state index contributed by atoms with van der Waals surface area (Å²) in [6, 6.07) is 1.53. The van der Waals surface area contributed by atoms with Crippen molar-refractivity contribution in [3.8, 4) is 0 Å². The van der Waals surface area contributed by atoms with Crippen LogP contribution in [0.25, 0.3) is 0 Å². The van der Waals surface area contributed by atoms with Gasteiger partial charge in [-0.25, -0.2) is 0 Å². The Hall–Kier alpha value is -3.32. The predicted octanol–water partition coefficient (Wildman–Crippen LogP) is 6.26. The van der Waals surface area contributed by atoms with Crippen molar-refractivity contribution < 1.29 is 19.2 Å². The molecule has 8 saturated heterocycles. The Morgan fingerprint density at radius 2 is 0.723 bits per heavy atom. The Morgan fingerprint density at radius 1 is 0.369 bits per heavy atom. The van der Waals surface area contributed by atoms with Gasteiger partial charge in [0.05, 0.1) is 0 Å². The number of fused-ring (bicyclic) bond motifs is 4. The second kappa shape index (κ2) is 20.9. The van der Waals surface area contributed by atoms with Gasteiger partial charge in [0, 0.05) is 112 Å². The second-order valence-electron chi connectivity index (χ2n) is 24.2. The van der Waals surface area contributed by atoms with Crippen molar-refractivity contribution in [2.75, 3.05) is 85.1 Å². The summed E-state index contributed by atoms with van der Waals surface area (Å²) in [5.74, 6) is 3.83. The van der Waals surface area contributed by atoms with Crippen molar-refractivity contribution in [2.45, 2.75) is 149 Å². The molecule has 0 N–H and O–H groups in total. The van der Waals surface area contributed by atoms with E-state index in [0.717, 1.165) is 90.8 Å². The van der Waals surface area contributed by atoms with E-state index in [9.17, 15) is 19.2 Å². The van der Waals surface area contributed by atoms with Crippen LogP contribution in [0.2, 0.25) is 0 Å². The van der Waals surface area contributed by atoms with Crippen molar-refractivity contribution >= 4 is 23.6 Å². The van der Waals surface area contributed by atoms with E-state index in [1.165, 1.54) is 50.2 Å². The van der Waals surface area contributed by atoms with Gasteiger partial charge in [-0.1, -0.05) is 26.3 Å². The lowest BCUT2D eigenvalue weighted by Gasteiger charge is -2.43. The van der Waals surface area contributed by atoms with Crippen molar-refractivity contribution in [3.63, 3.8) is 0 Å². The average Bonchev–Trinajstić information content (AvgIpc) is 4.07. The summed E-state index contributed by atoms with van der Waals surface area (Å²) in [4.78, 5) is 64.5. The topological polar surface area (TPSA) is 94.2 Å². The van der Waals surface area contributed by atoms with Gasteiger partial charge < -0.3 is 19.6 Å². The van der Waals surface area contributed by atoms with Gasteiger partial charge in [-0.05, 0) is 176 Å². The summed E-state index contributed by atoms with van der Waals surface area (Å²) in [7, 11) is 0. The fraction of sp³-hybridized carbons (Fsp3) is 0.774.